The van der Waals surface area contributed by atoms with Crippen molar-refractivity contribution in [1.82, 2.24) is 0 Å². The monoisotopic (exact) mass is 178 g/mol. The maximum absolute atomic E-state index is 13.9. The number of halogens is 1. The first-order valence-corrected chi connectivity index (χ1v) is 4.54. The van der Waals surface area contributed by atoms with Crippen LogP contribution in [0.15, 0.2) is 35.7 Å². The lowest BCUT2D eigenvalue weighted by molar-refractivity contribution is 0.291. The third-order valence-corrected chi connectivity index (χ3v) is 2.72. The van der Waals surface area contributed by atoms with Crippen LogP contribution in [0.3, 0.4) is 0 Å². The first-order chi connectivity index (χ1) is 5.81. The van der Waals surface area contributed by atoms with E-state index in [-0.39, 0.29) is 0 Å². The summed E-state index contributed by atoms with van der Waals surface area (Å²) >= 11 is 1.42. The molecule has 1 aromatic heterocycles. The molecular weight excluding hydrogens is 171 g/mol. The minimum atomic E-state index is -1.43. The van der Waals surface area contributed by atoms with E-state index in [1.807, 2.05) is 11.4 Å². The van der Waals surface area contributed by atoms with Gasteiger partial charge in [-0.3, -0.25) is 0 Å². The molecule has 2 radical (unpaired) electrons. The third kappa shape index (κ3) is 1.23. The van der Waals surface area contributed by atoms with E-state index < -0.39 is 5.67 Å². The van der Waals surface area contributed by atoms with Crippen LogP contribution in [-0.4, -0.2) is 0 Å². The molecule has 2 heteroatoms. The lowest BCUT2D eigenvalue weighted by Gasteiger charge is -2.19. The zero-order chi connectivity index (χ0) is 8.44. The van der Waals surface area contributed by atoms with Gasteiger partial charge in [-0.05, 0) is 23.6 Å². The average molecular weight is 178 g/mol. The van der Waals surface area contributed by atoms with Crippen molar-refractivity contribution in [2.24, 2.45) is 0 Å². The summed E-state index contributed by atoms with van der Waals surface area (Å²) in [5, 5.41) is 1.87. The molecule has 1 heterocycles. The SMILES string of the molecule is FC1(c2cccs2)[CH]C=C[C]=C1. The first-order valence-electron chi connectivity index (χ1n) is 3.66. The summed E-state index contributed by atoms with van der Waals surface area (Å²) in [4.78, 5) is 0.708. The van der Waals surface area contributed by atoms with Crippen LogP contribution in [0, 0.1) is 12.5 Å². The van der Waals surface area contributed by atoms with Crippen LogP contribution in [0.2, 0.25) is 0 Å². The van der Waals surface area contributed by atoms with Gasteiger partial charge in [-0.25, -0.2) is 4.39 Å². The third-order valence-electron chi connectivity index (χ3n) is 1.72. The summed E-state index contributed by atoms with van der Waals surface area (Å²) < 4.78 is 13.9. The van der Waals surface area contributed by atoms with E-state index in [0.29, 0.717) is 4.88 Å². The molecule has 0 amide bonds. The van der Waals surface area contributed by atoms with Gasteiger partial charge in [0.2, 0.25) is 0 Å². The summed E-state index contributed by atoms with van der Waals surface area (Å²) in [6, 6.07) is 3.64. The van der Waals surface area contributed by atoms with Crippen LogP contribution >= 0.6 is 11.3 Å². The molecule has 0 aliphatic heterocycles. The van der Waals surface area contributed by atoms with E-state index in [1.165, 1.54) is 23.8 Å². The fourth-order valence-corrected chi connectivity index (χ4v) is 1.88. The lowest BCUT2D eigenvalue weighted by atomic mass is 9.96. The smallest absolute Gasteiger partial charge is 0.171 e. The molecule has 60 valence electrons. The molecular formula is C10H7FS. The van der Waals surface area contributed by atoms with Crippen LogP contribution in [0.4, 0.5) is 4.39 Å². The summed E-state index contributed by atoms with van der Waals surface area (Å²) in [5.74, 6) is 0. The molecule has 0 saturated carbocycles. The predicted molar refractivity (Wildman–Crippen MR) is 48.4 cm³/mol. The maximum atomic E-state index is 13.9. The van der Waals surface area contributed by atoms with Crippen LogP contribution in [0.5, 0.6) is 0 Å². The van der Waals surface area contributed by atoms with E-state index >= 15 is 0 Å². The Morgan fingerprint density at radius 1 is 1.50 bits per heavy atom. The van der Waals surface area contributed by atoms with Crippen molar-refractivity contribution in [3.05, 3.63) is 53.1 Å². The summed E-state index contributed by atoms with van der Waals surface area (Å²) in [6.45, 7) is 0. The van der Waals surface area contributed by atoms with E-state index in [0.717, 1.165) is 0 Å². The van der Waals surface area contributed by atoms with Crippen molar-refractivity contribution in [3.8, 4) is 0 Å². The molecule has 1 aliphatic rings. The Kier molecular flexibility index (Phi) is 1.85. The van der Waals surface area contributed by atoms with Gasteiger partial charge in [0.25, 0.3) is 0 Å². The molecule has 0 bridgehead atoms. The van der Waals surface area contributed by atoms with Crippen molar-refractivity contribution >= 4 is 11.3 Å². The Balaban J connectivity index is 2.34. The largest absolute Gasteiger partial charge is 0.232 e. The lowest BCUT2D eigenvalue weighted by Crippen LogP contribution is -2.16. The van der Waals surface area contributed by atoms with E-state index in [1.54, 1.807) is 18.2 Å². The fraction of sp³-hybridized carbons (Fsp3) is 0.100. The highest BCUT2D eigenvalue weighted by Crippen LogP contribution is 2.35. The predicted octanol–water partition coefficient (Wildman–Crippen LogP) is 3.05. The van der Waals surface area contributed by atoms with Gasteiger partial charge >= 0.3 is 0 Å². The van der Waals surface area contributed by atoms with Crippen molar-refractivity contribution in [2.75, 3.05) is 0 Å². The first kappa shape index (κ1) is 7.74. The zero-order valence-corrected chi connectivity index (χ0v) is 7.14. The molecule has 2 rings (SSSR count). The van der Waals surface area contributed by atoms with E-state index in [4.69, 9.17) is 0 Å². The Bertz CT molecular complexity index is 311. The van der Waals surface area contributed by atoms with Gasteiger partial charge < -0.3 is 0 Å². The normalized spacial score (nSPS) is 27.8. The fourth-order valence-electron chi connectivity index (χ4n) is 1.11. The highest BCUT2D eigenvalue weighted by molar-refractivity contribution is 7.10. The standard InChI is InChI=1S/C10H7FS/c11-10(6-2-1-3-7-10)9-5-4-8-12-9/h1-2,4-8H. The number of hydrogen-bond acceptors (Lipinski definition) is 1. The minimum Gasteiger partial charge on any atom is -0.232 e. The molecule has 1 atom stereocenters. The summed E-state index contributed by atoms with van der Waals surface area (Å²) in [6.07, 6.45) is 9.12. The molecule has 0 fully saturated rings. The Morgan fingerprint density at radius 2 is 2.42 bits per heavy atom. The molecule has 0 aromatic carbocycles. The number of rotatable bonds is 1. The molecule has 1 aromatic rings. The number of alkyl halides is 1. The highest BCUT2D eigenvalue weighted by atomic mass is 32.1. The van der Waals surface area contributed by atoms with E-state index in [2.05, 4.69) is 6.08 Å². The van der Waals surface area contributed by atoms with Gasteiger partial charge in [0.1, 0.15) is 0 Å². The van der Waals surface area contributed by atoms with Gasteiger partial charge in [0.15, 0.2) is 5.67 Å². The zero-order valence-electron chi connectivity index (χ0n) is 6.33. The molecule has 0 spiro atoms. The quantitative estimate of drug-likeness (QED) is 0.620. The van der Waals surface area contributed by atoms with Gasteiger partial charge in [0.05, 0.1) is 0 Å². The second kappa shape index (κ2) is 2.87. The van der Waals surface area contributed by atoms with Crippen molar-refractivity contribution in [3.63, 3.8) is 0 Å². The molecule has 0 saturated heterocycles. The van der Waals surface area contributed by atoms with E-state index in [9.17, 15) is 4.39 Å². The summed E-state index contributed by atoms with van der Waals surface area (Å²) in [5.41, 5.74) is -1.43. The van der Waals surface area contributed by atoms with Crippen LogP contribution in [-0.2, 0) is 5.67 Å². The number of allylic oxidation sites excluding steroid dienone is 4. The van der Waals surface area contributed by atoms with Crippen LogP contribution in [0.25, 0.3) is 0 Å². The Labute approximate surface area is 75.0 Å². The molecule has 0 nitrogen and oxygen atoms in total. The Hall–Kier alpha value is -0.890. The molecule has 1 aliphatic carbocycles. The molecule has 0 N–H and O–H groups in total. The van der Waals surface area contributed by atoms with Crippen molar-refractivity contribution in [2.45, 2.75) is 5.67 Å². The topological polar surface area (TPSA) is 0 Å². The van der Waals surface area contributed by atoms with Crippen molar-refractivity contribution in [1.29, 1.82) is 0 Å². The van der Waals surface area contributed by atoms with Crippen LogP contribution in [0.1, 0.15) is 4.88 Å². The molecule has 1 unspecified atom stereocenters. The van der Waals surface area contributed by atoms with Gasteiger partial charge in [-0.15, -0.1) is 11.3 Å². The maximum Gasteiger partial charge on any atom is 0.171 e. The van der Waals surface area contributed by atoms with Gasteiger partial charge in [0, 0.05) is 11.3 Å². The van der Waals surface area contributed by atoms with Crippen molar-refractivity contribution < 1.29 is 4.39 Å². The minimum absolute atomic E-state index is 0.708. The summed E-state index contributed by atoms with van der Waals surface area (Å²) in [7, 11) is 0. The van der Waals surface area contributed by atoms with Crippen LogP contribution < -0.4 is 0 Å². The van der Waals surface area contributed by atoms with Gasteiger partial charge in [-0.2, -0.15) is 0 Å². The second-order valence-electron chi connectivity index (χ2n) is 2.58. The number of thiophene rings is 1. The average Bonchev–Trinajstić information content (AvgIpc) is 2.58. The number of hydrogen-bond donors (Lipinski definition) is 0. The molecule has 12 heavy (non-hydrogen) atoms. The Morgan fingerprint density at radius 3 is 3.00 bits per heavy atom. The van der Waals surface area contributed by atoms with Gasteiger partial charge in [-0.1, -0.05) is 18.2 Å². The highest BCUT2D eigenvalue weighted by Gasteiger charge is 2.29. The second-order valence-corrected chi connectivity index (χ2v) is 3.53.